The van der Waals surface area contributed by atoms with E-state index in [-0.39, 0.29) is 29.5 Å². The summed E-state index contributed by atoms with van der Waals surface area (Å²) in [4.78, 5) is 12.1. The Kier molecular flexibility index (Phi) is 4.79. The van der Waals surface area contributed by atoms with E-state index in [0.29, 0.717) is 6.42 Å². The molecule has 0 amide bonds. The molecule has 0 aliphatic heterocycles. The molecule has 0 fully saturated rings. The number of halogens is 4. The first-order valence-corrected chi connectivity index (χ1v) is 7.78. The second-order valence-corrected chi connectivity index (χ2v) is 6.51. The van der Waals surface area contributed by atoms with Crippen LogP contribution in [0.4, 0.5) is 17.6 Å². The van der Waals surface area contributed by atoms with Crippen molar-refractivity contribution in [2.45, 2.75) is 51.8 Å². The maximum atomic E-state index is 14.2. The molecule has 1 aliphatic rings. The minimum atomic E-state index is -4.66. The molecule has 1 aliphatic carbocycles. The maximum Gasteiger partial charge on any atom is 0.416 e. The average Bonchev–Trinajstić information content (AvgIpc) is 2.46. The topological polar surface area (TPSA) is 26.3 Å². The molecule has 0 N–H and O–H groups in total. The lowest BCUT2D eigenvalue weighted by Crippen LogP contribution is -2.43. The Hall–Kier alpha value is -1.85. The number of alkyl halides is 3. The van der Waals surface area contributed by atoms with Crippen LogP contribution in [0.15, 0.2) is 24.3 Å². The van der Waals surface area contributed by atoms with Crippen LogP contribution in [0.1, 0.15) is 50.3 Å². The van der Waals surface area contributed by atoms with E-state index in [1.807, 2.05) is 0 Å². The molecule has 1 atom stereocenters. The first-order valence-electron chi connectivity index (χ1n) is 7.78. The van der Waals surface area contributed by atoms with Crippen LogP contribution in [0.25, 0.3) is 0 Å². The molecule has 0 radical (unpaired) electrons. The summed E-state index contributed by atoms with van der Waals surface area (Å²) in [6.45, 7) is 8.26. The molecule has 1 aromatic carbocycles. The summed E-state index contributed by atoms with van der Waals surface area (Å²) in [6.07, 6.45) is -3.83. The van der Waals surface area contributed by atoms with Crippen molar-refractivity contribution in [2.24, 2.45) is 5.92 Å². The van der Waals surface area contributed by atoms with Gasteiger partial charge >= 0.3 is 12.1 Å². The summed E-state index contributed by atoms with van der Waals surface area (Å²) >= 11 is 0. The summed E-state index contributed by atoms with van der Waals surface area (Å²) in [5.41, 5.74) is -2.63. The van der Waals surface area contributed by atoms with Crippen LogP contribution in [0.5, 0.6) is 0 Å². The van der Waals surface area contributed by atoms with Gasteiger partial charge in [0.05, 0.1) is 5.56 Å². The van der Waals surface area contributed by atoms with E-state index >= 15 is 0 Å². The molecule has 0 spiro atoms. The summed E-state index contributed by atoms with van der Waals surface area (Å²) in [6, 6.07) is 1.56. The minimum Gasteiger partial charge on any atom is -0.451 e. The number of hydrogen-bond donors (Lipinski definition) is 0. The molecule has 1 unspecified atom stereocenters. The molecule has 6 heteroatoms. The number of hydrogen-bond acceptors (Lipinski definition) is 2. The quantitative estimate of drug-likeness (QED) is 0.430. The van der Waals surface area contributed by atoms with Gasteiger partial charge in [0.2, 0.25) is 0 Å². The van der Waals surface area contributed by atoms with Crippen LogP contribution in [0.3, 0.4) is 0 Å². The Morgan fingerprint density at radius 1 is 1.33 bits per heavy atom. The molecule has 2 rings (SSSR count). The van der Waals surface area contributed by atoms with Crippen molar-refractivity contribution in [3.05, 3.63) is 46.8 Å². The van der Waals surface area contributed by atoms with E-state index in [2.05, 4.69) is 6.58 Å². The van der Waals surface area contributed by atoms with Crippen LogP contribution >= 0.6 is 0 Å². The van der Waals surface area contributed by atoms with Crippen molar-refractivity contribution in [2.75, 3.05) is 0 Å². The fourth-order valence-corrected chi connectivity index (χ4v) is 3.29. The number of ether oxygens (including phenoxy) is 1. The summed E-state index contributed by atoms with van der Waals surface area (Å²) in [7, 11) is 0. The Labute approximate surface area is 138 Å². The fourth-order valence-electron chi connectivity index (χ4n) is 3.29. The maximum absolute atomic E-state index is 14.2. The van der Waals surface area contributed by atoms with Crippen molar-refractivity contribution < 1.29 is 27.1 Å². The van der Waals surface area contributed by atoms with E-state index in [0.717, 1.165) is 12.1 Å². The van der Waals surface area contributed by atoms with Crippen molar-refractivity contribution in [1.29, 1.82) is 0 Å². The van der Waals surface area contributed by atoms with E-state index < -0.39 is 35.0 Å². The fraction of sp³-hybridized carbons (Fsp3) is 0.500. The zero-order valence-corrected chi connectivity index (χ0v) is 13.9. The molecule has 0 heterocycles. The smallest absolute Gasteiger partial charge is 0.416 e. The van der Waals surface area contributed by atoms with Crippen LogP contribution in [0.2, 0.25) is 0 Å². The van der Waals surface area contributed by atoms with Gasteiger partial charge in [0.15, 0.2) is 0 Å². The van der Waals surface area contributed by atoms with E-state index in [1.54, 1.807) is 13.8 Å². The molecule has 24 heavy (non-hydrogen) atoms. The van der Waals surface area contributed by atoms with Gasteiger partial charge in [-0.25, -0.2) is 9.18 Å². The second-order valence-electron chi connectivity index (χ2n) is 6.51. The number of esters is 1. The number of benzene rings is 1. The molecule has 0 aromatic heterocycles. The van der Waals surface area contributed by atoms with Crippen LogP contribution < -0.4 is 0 Å². The standard InChI is InChI=1S/C18H20F4O2/c1-10(2)16(23)24-17(11(3)4)9-5-6-12-14(19)8-7-13(15(12)17)18(20,21)22/h7-8,11H,1,5-6,9H2,2-4H3. The molecule has 1 aromatic rings. The Bertz CT molecular complexity index is 676. The first-order chi connectivity index (χ1) is 11.0. The highest BCUT2D eigenvalue weighted by Crippen LogP contribution is 2.50. The van der Waals surface area contributed by atoms with Crippen LogP contribution in [-0.2, 0) is 27.7 Å². The van der Waals surface area contributed by atoms with Crippen molar-refractivity contribution in [3.63, 3.8) is 0 Å². The largest absolute Gasteiger partial charge is 0.451 e. The first kappa shape index (κ1) is 18.5. The lowest BCUT2D eigenvalue weighted by molar-refractivity contribution is -0.168. The predicted molar refractivity (Wildman–Crippen MR) is 81.8 cm³/mol. The third kappa shape index (κ3) is 3.06. The van der Waals surface area contributed by atoms with Gasteiger partial charge in [0.1, 0.15) is 11.4 Å². The van der Waals surface area contributed by atoms with Crippen molar-refractivity contribution in [1.82, 2.24) is 0 Å². The Morgan fingerprint density at radius 3 is 2.46 bits per heavy atom. The molecule has 132 valence electrons. The van der Waals surface area contributed by atoms with E-state index in [1.165, 1.54) is 6.92 Å². The summed E-state index contributed by atoms with van der Waals surface area (Å²) < 4.78 is 60.3. The van der Waals surface area contributed by atoms with Crippen molar-refractivity contribution >= 4 is 5.97 Å². The highest BCUT2D eigenvalue weighted by Gasteiger charge is 2.49. The summed E-state index contributed by atoms with van der Waals surface area (Å²) in [5, 5.41) is 0. The monoisotopic (exact) mass is 344 g/mol. The predicted octanol–water partition coefficient (Wildman–Crippen LogP) is 5.15. The molecule has 0 saturated heterocycles. The molecule has 0 bridgehead atoms. The highest BCUT2D eigenvalue weighted by molar-refractivity contribution is 5.87. The van der Waals surface area contributed by atoms with Gasteiger partial charge in [-0.2, -0.15) is 13.2 Å². The number of carbonyl (C=O) groups is 1. The Balaban J connectivity index is 2.77. The second kappa shape index (κ2) is 6.22. The molecule has 2 nitrogen and oxygen atoms in total. The average molecular weight is 344 g/mol. The van der Waals surface area contributed by atoms with Gasteiger partial charge in [-0.15, -0.1) is 0 Å². The van der Waals surface area contributed by atoms with Gasteiger partial charge < -0.3 is 4.74 Å². The lowest BCUT2D eigenvalue weighted by Gasteiger charge is -2.43. The third-order valence-corrected chi connectivity index (χ3v) is 4.52. The van der Waals surface area contributed by atoms with Gasteiger partial charge in [-0.05, 0) is 49.8 Å². The van der Waals surface area contributed by atoms with Crippen molar-refractivity contribution in [3.8, 4) is 0 Å². The Morgan fingerprint density at radius 2 is 1.96 bits per heavy atom. The normalized spacial score (nSPS) is 20.7. The van der Waals surface area contributed by atoms with Crippen LogP contribution in [-0.4, -0.2) is 5.97 Å². The molecular formula is C18H20F4O2. The van der Waals surface area contributed by atoms with Gasteiger partial charge in [0, 0.05) is 11.1 Å². The SMILES string of the molecule is C=C(C)C(=O)OC1(C(C)C)CCCc2c(F)ccc(C(F)(F)F)c21. The molecular weight excluding hydrogens is 324 g/mol. The highest BCUT2D eigenvalue weighted by atomic mass is 19.4. The van der Waals surface area contributed by atoms with Gasteiger partial charge in [-0.1, -0.05) is 20.4 Å². The number of carbonyl (C=O) groups excluding carboxylic acids is 1. The third-order valence-electron chi connectivity index (χ3n) is 4.52. The van der Waals surface area contributed by atoms with E-state index in [9.17, 15) is 22.4 Å². The minimum absolute atomic E-state index is 0.0145. The summed E-state index contributed by atoms with van der Waals surface area (Å²) in [5.74, 6) is -1.93. The zero-order chi connectivity index (χ0) is 18.3. The van der Waals surface area contributed by atoms with E-state index in [4.69, 9.17) is 4.74 Å². The van der Waals surface area contributed by atoms with Gasteiger partial charge in [0.25, 0.3) is 0 Å². The van der Waals surface area contributed by atoms with Gasteiger partial charge in [-0.3, -0.25) is 0 Å². The number of rotatable bonds is 3. The molecule has 0 saturated carbocycles. The van der Waals surface area contributed by atoms with Crippen LogP contribution in [0, 0.1) is 11.7 Å². The zero-order valence-electron chi connectivity index (χ0n) is 13.9. The number of fused-ring (bicyclic) bond motifs is 1. The lowest BCUT2D eigenvalue weighted by atomic mass is 9.70.